The Labute approximate surface area is 95.1 Å². The van der Waals surface area contributed by atoms with Gasteiger partial charge >= 0.3 is 0 Å². The zero-order valence-corrected chi connectivity index (χ0v) is 9.66. The van der Waals surface area contributed by atoms with Crippen LogP contribution >= 0.6 is 11.6 Å². The normalized spacial score (nSPS) is 10.6. The molecule has 0 saturated heterocycles. The van der Waals surface area contributed by atoms with E-state index in [0.717, 1.165) is 5.69 Å². The molecule has 1 rings (SSSR count). The Morgan fingerprint density at radius 1 is 1.47 bits per heavy atom. The minimum Gasteiger partial charge on any atom is -0.487 e. The Morgan fingerprint density at radius 2 is 2.20 bits per heavy atom. The van der Waals surface area contributed by atoms with Gasteiger partial charge in [-0.3, -0.25) is 0 Å². The molecule has 82 valence electrons. The fourth-order valence-corrected chi connectivity index (χ4v) is 1.17. The third kappa shape index (κ3) is 3.36. The van der Waals surface area contributed by atoms with E-state index >= 15 is 0 Å². The van der Waals surface area contributed by atoms with E-state index in [0.29, 0.717) is 18.0 Å². The maximum absolute atomic E-state index is 5.77. The number of nitrogens with two attached hydrogens (primary N) is 1. The second-order valence-corrected chi connectivity index (χ2v) is 3.54. The predicted octanol–water partition coefficient (Wildman–Crippen LogP) is 2.47. The van der Waals surface area contributed by atoms with Crippen LogP contribution in [0.2, 0.25) is 0 Å². The van der Waals surface area contributed by atoms with E-state index in [1.807, 2.05) is 37.2 Å². The zero-order chi connectivity index (χ0) is 11.3. The number of anilines is 2. The monoisotopic (exact) mass is 226 g/mol. The van der Waals surface area contributed by atoms with Gasteiger partial charge in [-0.2, -0.15) is 0 Å². The van der Waals surface area contributed by atoms with Crippen LogP contribution in [0.25, 0.3) is 0 Å². The number of ether oxygens (including phenoxy) is 1. The molecular formula is C11H15ClN2O. The largest absolute Gasteiger partial charge is 0.487 e. The molecule has 0 heterocycles. The van der Waals surface area contributed by atoms with Gasteiger partial charge in [-0.25, -0.2) is 0 Å². The van der Waals surface area contributed by atoms with Crippen LogP contribution in [0.1, 0.15) is 0 Å². The van der Waals surface area contributed by atoms with Crippen LogP contribution in [0, 0.1) is 0 Å². The van der Waals surface area contributed by atoms with Crippen molar-refractivity contribution in [1.29, 1.82) is 0 Å². The molecule has 4 heteroatoms. The van der Waals surface area contributed by atoms with Gasteiger partial charge in [0.25, 0.3) is 0 Å². The van der Waals surface area contributed by atoms with Gasteiger partial charge in [-0.05, 0) is 18.2 Å². The molecule has 0 saturated carbocycles. The molecule has 0 aliphatic carbocycles. The van der Waals surface area contributed by atoms with E-state index in [-0.39, 0.29) is 0 Å². The second-order valence-electron chi connectivity index (χ2n) is 3.29. The van der Waals surface area contributed by atoms with Crippen molar-refractivity contribution in [1.82, 2.24) is 0 Å². The summed E-state index contributed by atoms with van der Waals surface area (Å²) in [6, 6.07) is 5.67. The zero-order valence-electron chi connectivity index (χ0n) is 8.90. The summed E-state index contributed by atoms with van der Waals surface area (Å²) in [6.07, 6.45) is 1.71. The number of benzene rings is 1. The van der Waals surface area contributed by atoms with Gasteiger partial charge in [0.2, 0.25) is 0 Å². The molecule has 0 atom stereocenters. The average molecular weight is 227 g/mol. The molecule has 0 aromatic heterocycles. The molecule has 2 N–H and O–H groups in total. The predicted molar refractivity (Wildman–Crippen MR) is 65.7 cm³/mol. The number of halogens is 1. The fourth-order valence-electron chi connectivity index (χ4n) is 1.10. The molecule has 0 aliphatic rings. The van der Waals surface area contributed by atoms with Gasteiger partial charge in [0.1, 0.15) is 12.4 Å². The van der Waals surface area contributed by atoms with Crippen molar-refractivity contribution in [2.75, 3.05) is 31.3 Å². The quantitative estimate of drug-likeness (QED) is 0.802. The lowest BCUT2D eigenvalue weighted by atomic mass is 10.2. The highest BCUT2D eigenvalue weighted by molar-refractivity contribution is 6.25. The third-order valence-electron chi connectivity index (χ3n) is 1.94. The van der Waals surface area contributed by atoms with Crippen molar-refractivity contribution >= 4 is 23.0 Å². The Balaban J connectivity index is 2.80. The van der Waals surface area contributed by atoms with Gasteiger partial charge in [-0.15, -0.1) is 0 Å². The van der Waals surface area contributed by atoms with Crippen LogP contribution in [0.15, 0.2) is 29.8 Å². The van der Waals surface area contributed by atoms with Crippen molar-refractivity contribution in [3.63, 3.8) is 0 Å². The van der Waals surface area contributed by atoms with Crippen molar-refractivity contribution in [2.24, 2.45) is 0 Å². The molecule has 0 radical (unpaired) electrons. The molecule has 1 aromatic carbocycles. The van der Waals surface area contributed by atoms with Crippen molar-refractivity contribution in [2.45, 2.75) is 0 Å². The number of rotatable bonds is 4. The topological polar surface area (TPSA) is 38.5 Å². The van der Waals surface area contributed by atoms with Crippen molar-refractivity contribution < 1.29 is 4.74 Å². The average Bonchev–Trinajstić information content (AvgIpc) is 2.20. The summed E-state index contributed by atoms with van der Waals surface area (Å²) >= 11 is 5.39. The first-order valence-electron chi connectivity index (χ1n) is 4.60. The summed E-state index contributed by atoms with van der Waals surface area (Å²) in [5, 5.41) is 0. The first kappa shape index (κ1) is 11.7. The highest BCUT2D eigenvalue weighted by Gasteiger charge is 2.02. The van der Waals surface area contributed by atoms with Crippen LogP contribution < -0.4 is 15.4 Å². The Hall–Kier alpha value is -1.35. The van der Waals surface area contributed by atoms with Crippen molar-refractivity contribution in [3.8, 4) is 5.75 Å². The molecule has 0 spiro atoms. The molecule has 0 unspecified atom stereocenters. The number of nitrogen functional groups attached to an aromatic ring is 1. The van der Waals surface area contributed by atoms with E-state index in [2.05, 4.69) is 0 Å². The van der Waals surface area contributed by atoms with Crippen LogP contribution in [0.3, 0.4) is 0 Å². The first-order chi connectivity index (χ1) is 7.15. The summed E-state index contributed by atoms with van der Waals surface area (Å²) < 4.78 is 5.45. The lowest BCUT2D eigenvalue weighted by Crippen LogP contribution is -2.09. The van der Waals surface area contributed by atoms with Gasteiger partial charge in [-0.1, -0.05) is 11.6 Å². The third-order valence-corrected chi connectivity index (χ3v) is 2.12. The van der Waals surface area contributed by atoms with Crippen LogP contribution in [0.5, 0.6) is 5.75 Å². The standard InChI is InChI=1S/C11H15ClN2O/c1-14(2)9-4-5-10(13)11(8-9)15-7-3-6-12/h3-6,8H,7,13H2,1-2H3/b6-3+. The van der Waals surface area contributed by atoms with Crippen LogP contribution in [-0.2, 0) is 0 Å². The minimum atomic E-state index is 0.421. The van der Waals surface area contributed by atoms with E-state index in [9.17, 15) is 0 Å². The summed E-state index contributed by atoms with van der Waals surface area (Å²) in [7, 11) is 3.93. The van der Waals surface area contributed by atoms with Crippen LogP contribution in [0.4, 0.5) is 11.4 Å². The van der Waals surface area contributed by atoms with E-state index < -0.39 is 0 Å². The molecule has 0 amide bonds. The SMILES string of the molecule is CN(C)c1ccc(N)c(OC/C=C/Cl)c1. The molecule has 0 bridgehead atoms. The first-order valence-corrected chi connectivity index (χ1v) is 5.03. The Bertz CT molecular complexity index is 350. The van der Waals surface area contributed by atoms with Gasteiger partial charge in [0.05, 0.1) is 5.69 Å². The van der Waals surface area contributed by atoms with Gasteiger partial charge in [0, 0.05) is 31.4 Å². The van der Waals surface area contributed by atoms with Crippen LogP contribution in [-0.4, -0.2) is 20.7 Å². The molecule has 0 fully saturated rings. The van der Waals surface area contributed by atoms with E-state index in [1.54, 1.807) is 6.08 Å². The summed E-state index contributed by atoms with van der Waals surface area (Å²) in [5.41, 5.74) is 8.87. The highest BCUT2D eigenvalue weighted by atomic mass is 35.5. The fraction of sp³-hybridized carbons (Fsp3) is 0.273. The highest BCUT2D eigenvalue weighted by Crippen LogP contribution is 2.26. The summed E-state index contributed by atoms with van der Waals surface area (Å²) in [4.78, 5) is 1.99. The van der Waals surface area contributed by atoms with Gasteiger partial charge in [0.15, 0.2) is 0 Å². The molecule has 3 nitrogen and oxygen atoms in total. The molecule has 15 heavy (non-hydrogen) atoms. The molecule has 1 aromatic rings. The second kappa shape index (κ2) is 5.51. The molecular weight excluding hydrogens is 212 g/mol. The summed E-state index contributed by atoms with van der Waals surface area (Å²) in [5.74, 6) is 0.677. The van der Waals surface area contributed by atoms with Gasteiger partial charge < -0.3 is 15.4 Å². The Morgan fingerprint density at radius 3 is 2.80 bits per heavy atom. The number of nitrogens with zero attached hydrogens (tertiary/aromatic N) is 1. The Kier molecular flexibility index (Phi) is 4.31. The maximum atomic E-state index is 5.77. The van der Waals surface area contributed by atoms with E-state index in [4.69, 9.17) is 22.1 Å². The number of hydrogen-bond acceptors (Lipinski definition) is 3. The van der Waals surface area contributed by atoms with E-state index in [1.165, 1.54) is 5.54 Å². The minimum absolute atomic E-state index is 0.421. The lowest BCUT2D eigenvalue weighted by Gasteiger charge is -2.15. The number of hydrogen-bond donors (Lipinski definition) is 1. The smallest absolute Gasteiger partial charge is 0.144 e. The summed E-state index contributed by atoms with van der Waals surface area (Å²) in [6.45, 7) is 0.421. The molecule has 0 aliphatic heterocycles. The lowest BCUT2D eigenvalue weighted by molar-refractivity contribution is 0.365. The maximum Gasteiger partial charge on any atom is 0.144 e. The van der Waals surface area contributed by atoms with Crippen molar-refractivity contribution in [3.05, 3.63) is 29.8 Å².